The van der Waals surface area contributed by atoms with Crippen molar-refractivity contribution in [2.24, 2.45) is 5.73 Å². The summed E-state index contributed by atoms with van der Waals surface area (Å²) in [5.74, 6) is -0.298. The zero-order valence-electron chi connectivity index (χ0n) is 13.1. The predicted octanol–water partition coefficient (Wildman–Crippen LogP) is 1.36. The normalized spacial score (nSPS) is 17.8. The van der Waals surface area contributed by atoms with E-state index in [1.165, 1.54) is 6.20 Å². The molecule has 1 aliphatic rings. The molecule has 2 aromatic heterocycles. The van der Waals surface area contributed by atoms with Gasteiger partial charge in [-0.05, 0) is 25.8 Å². The Bertz CT molecular complexity index is 687. The monoisotopic (exact) mass is 312 g/mol. The molecule has 7 heteroatoms. The second-order valence-electron chi connectivity index (χ2n) is 5.74. The van der Waals surface area contributed by atoms with Crippen LogP contribution in [0.3, 0.4) is 0 Å². The lowest BCUT2D eigenvalue weighted by atomic mass is 10.1. The summed E-state index contributed by atoms with van der Waals surface area (Å²) in [5, 5.41) is 2.87. The van der Waals surface area contributed by atoms with E-state index in [1.54, 1.807) is 18.6 Å². The van der Waals surface area contributed by atoms with E-state index in [1.807, 2.05) is 13.0 Å². The zero-order valence-corrected chi connectivity index (χ0v) is 13.1. The Kier molecular flexibility index (Phi) is 4.47. The second kappa shape index (κ2) is 6.70. The number of nitrogens with zero attached hydrogens (tertiary/aromatic N) is 4. The van der Waals surface area contributed by atoms with Gasteiger partial charge in [-0.2, -0.15) is 0 Å². The quantitative estimate of drug-likeness (QED) is 0.888. The van der Waals surface area contributed by atoms with Crippen LogP contribution in [0.2, 0.25) is 0 Å². The van der Waals surface area contributed by atoms with E-state index in [-0.39, 0.29) is 17.6 Å². The molecular formula is C16H20N6O. The van der Waals surface area contributed by atoms with Crippen LogP contribution < -0.4 is 16.0 Å². The number of anilines is 2. The van der Waals surface area contributed by atoms with Gasteiger partial charge in [0.1, 0.15) is 5.69 Å². The van der Waals surface area contributed by atoms with E-state index in [0.717, 1.165) is 37.3 Å². The van der Waals surface area contributed by atoms with Gasteiger partial charge in [-0.15, -0.1) is 0 Å². The van der Waals surface area contributed by atoms with Crippen molar-refractivity contribution in [1.82, 2.24) is 15.0 Å². The molecule has 23 heavy (non-hydrogen) atoms. The van der Waals surface area contributed by atoms with Crippen molar-refractivity contribution in [3.05, 3.63) is 42.2 Å². The van der Waals surface area contributed by atoms with Gasteiger partial charge in [0.15, 0.2) is 0 Å². The molecule has 1 amide bonds. The fourth-order valence-electron chi connectivity index (χ4n) is 2.68. The standard InChI is InChI=1S/C16H20N6O/c1-11-7-20-14(9-19-11)16(23)21-13-8-18-5-4-15(13)22-6-2-3-12(17)10-22/h4-5,7-9,12H,2-3,6,10,17H2,1H3,(H,21,23). The topological polar surface area (TPSA) is 97.0 Å². The van der Waals surface area contributed by atoms with Crippen LogP contribution in [0.15, 0.2) is 30.9 Å². The number of hydrogen-bond acceptors (Lipinski definition) is 6. The van der Waals surface area contributed by atoms with Crippen LogP contribution in [0.1, 0.15) is 29.0 Å². The first-order valence-corrected chi connectivity index (χ1v) is 7.68. The summed E-state index contributed by atoms with van der Waals surface area (Å²) in [4.78, 5) is 26.8. The number of pyridine rings is 1. The van der Waals surface area contributed by atoms with Gasteiger partial charge < -0.3 is 16.0 Å². The Hall–Kier alpha value is -2.54. The third-order valence-corrected chi connectivity index (χ3v) is 3.86. The number of nitrogens with one attached hydrogen (secondary N) is 1. The van der Waals surface area contributed by atoms with Crippen LogP contribution in [0, 0.1) is 6.92 Å². The lowest BCUT2D eigenvalue weighted by Gasteiger charge is -2.33. The smallest absolute Gasteiger partial charge is 0.275 e. The van der Waals surface area contributed by atoms with E-state index in [0.29, 0.717) is 5.69 Å². The first-order chi connectivity index (χ1) is 11.1. The summed E-state index contributed by atoms with van der Waals surface area (Å²) >= 11 is 0. The SMILES string of the molecule is Cc1cnc(C(=O)Nc2cnccc2N2CCCC(N)C2)cn1. The van der Waals surface area contributed by atoms with Gasteiger partial charge >= 0.3 is 0 Å². The lowest BCUT2D eigenvalue weighted by molar-refractivity contribution is 0.102. The summed E-state index contributed by atoms with van der Waals surface area (Å²) in [6, 6.07) is 2.05. The third kappa shape index (κ3) is 3.62. The molecule has 0 radical (unpaired) electrons. The lowest BCUT2D eigenvalue weighted by Crippen LogP contribution is -2.43. The number of rotatable bonds is 3. The van der Waals surface area contributed by atoms with Crippen molar-refractivity contribution in [3.63, 3.8) is 0 Å². The fraction of sp³-hybridized carbons (Fsp3) is 0.375. The zero-order chi connectivity index (χ0) is 16.2. The highest BCUT2D eigenvalue weighted by Crippen LogP contribution is 2.27. The molecule has 0 saturated carbocycles. The minimum absolute atomic E-state index is 0.156. The first kappa shape index (κ1) is 15.4. The third-order valence-electron chi connectivity index (χ3n) is 3.86. The molecule has 3 N–H and O–H groups in total. The molecular weight excluding hydrogens is 292 g/mol. The molecule has 120 valence electrons. The Labute approximate surface area is 135 Å². The molecule has 0 spiro atoms. The maximum absolute atomic E-state index is 12.3. The van der Waals surface area contributed by atoms with Crippen LogP contribution in [0.25, 0.3) is 0 Å². The number of aromatic nitrogens is 3. The van der Waals surface area contributed by atoms with Crippen LogP contribution in [0.5, 0.6) is 0 Å². The van der Waals surface area contributed by atoms with Crippen molar-refractivity contribution in [2.75, 3.05) is 23.3 Å². The van der Waals surface area contributed by atoms with Crippen molar-refractivity contribution in [2.45, 2.75) is 25.8 Å². The van der Waals surface area contributed by atoms with E-state index < -0.39 is 0 Å². The average molecular weight is 312 g/mol. The van der Waals surface area contributed by atoms with Gasteiger partial charge in [0.05, 0.1) is 29.5 Å². The summed E-state index contributed by atoms with van der Waals surface area (Å²) in [5.41, 5.74) is 8.70. The molecule has 3 heterocycles. The Morgan fingerprint density at radius 1 is 1.35 bits per heavy atom. The number of carbonyl (C=O) groups is 1. The molecule has 0 aromatic carbocycles. The summed E-state index contributed by atoms with van der Waals surface area (Å²) in [6.07, 6.45) is 8.48. The van der Waals surface area contributed by atoms with Crippen LogP contribution in [0.4, 0.5) is 11.4 Å². The van der Waals surface area contributed by atoms with Crippen molar-refractivity contribution in [1.29, 1.82) is 0 Å². The molecule has 1 unspecified atom stereocenters. The molecule has 1 aliphatic heterocycles. The minimum Gasteiger partial charge on any atom is -0.368 e. The molecule has 7 nitrogen and oxygen atoms in total. The minimum atomic E-state index is -0.298. The van der Waals surface area contributed by atoms with E-state index in [9.17, 15) is 4.79 Å². The summed E-state index contributed by atoms with van der Waals surface area (Å²) in [7, 11) is 0. The molecule has 2 aromatic rings. The number of hydrogen-bond donors (Lipinski definition) is 2. The predicted molar refractivity (Wildman–Crippen MR) is 88.4 cm³/mol. The molecule has 1 atom stereocenters. The molecule has 1 fully saturated rings. The highest BCUT2D eigenvalue weighted by atomic mass is 16.1. The number of aryl methyl sites for hydroxylation is 1. The fourth-order valence-corrected chi connectivity index (χ4v) is 2.68. The maximum Gasteiger partial charge on any atom is 0.275 e. The van der Waals surface area contributed by atoms with Crippen molar-refractivity contribution < 1.29 is 4.79 Å². The Morgan fingerprint density at radius 2 is 2.22 bits per heavy atom. The van der Waals surface area contributed by atoms with Gasteiger partial charge in [-0.1, -0.05) is 0 Å². The Balaban J connectivity index is 1.80. The van der Waals surface area contributed by atoms with Gasteiger partial charge in [-0.3, -0.25) is 14.8 Å². The largest absolute Gasteiger partial charge is 0.368 e. The van der Waals surface area contributed by atoms with Gasteiger partial charge in [0.25, 0.3) is 5.91 Å². The molecule has 0 aliphatic carbocycles. The van der Waals surface area contributed by atoms with Gasteiger partial charge in [-0.25, -0.2) is 4.98 Å². The van der Waals surface area contributed by atoms with Crippen molar-refractivity contribution >= 4 is 17.3 Å². The van der Waals surface area contributed by atoms with Crippen LogP contribution >= 0.6 is 0 Å². The molecule has 1 saturated heterocycles. The van der Waals surface area contributed by atoms with Crippen LogP contribution in [-0.2, 0) is 0 Å². The molecule has 0 bridgehead atoms. The molecule has 3 rings (SSSR count). The second-order valence-corrected chi connectivity index (χ2v) is 5.74. The number of amides is 1. The summed E-state index contributed by atoms with van der Waals surface area (Å²) < 4.78 is 0. The van der Waals surface area contributed by atoms with E-state index in [4.69, 9.17) is 5.73 Å². The maximum atomic E-state index is 12.3. The Morgan fingerprint density at radius 3 is 2.96 bits per heavy atom. The van der Waals surface area contributed by atoms with Crippen LogP contribution in [-0.4, -0.2) is 40.0 Å². The van der Waals surface area contributed by atoms with Crippen molar-refractivity contribution in [3.8, 4) is 0 Å². The highest BCUT2D eigenvalue weighted by Gasteiger charge is 2.20. The summed E-state index contributed by atoms with van der Waals surface area (Å²) in [6.45, 7) is 3.52. The van der Waals surface area contributed by atoms with E-state index >= 15 is 0 Å². The van der Waals surface area contributed by atoms with Gasteiger partial charge in [0, 0.05) is 31.5 Å². The number of nitrogens with two attached hydrogens (primary N) is 1. The number of carbonyl (C=O) groups excluding carboxylic acids is 1. The average Bonchev–Trinajstić information content (AvgIpc) is 2.56. The first-order valence-electron chi connectivity index (χ1n) is 7.68. The number of piperidine rings is 1. The van der Waals surface area contributed by atoms with E-state index in [2.05, 4.69) is 25.2 Å². The van der Waals surface area contributed by atoms with Gasteiger partial charge in [0.2, 0.25) is 0 Å². The highest BCUT2D eigenvalue weighted by molar-refractivity contribution is 6.04.